The molecular weight excluding hydrogens is 176 g/mol. The summed E-state index contributed by atoms with van der Waals surface area (Å²) in [6.07, 6.45) is 8.08. The predicted octanol–water partition coefficient (Wildman–Crippen LogP) is 3.28. The standard InChI is InChI=1S/C12H22O2/c1-3-8-13-11-6-5-7-12(10-11)14-9-4-2/h10-11H,3-9H2,1-2H3. The molecule has 0 bridgehead atoms. The van der Waals surface area contributed by atoms with Gasteiger partial charge < -0.3 is 9.47 Å². The molecule has 0 aromatic rings. The third-order valence-electron chi connectivity index (χ3n) is 2.31. The number of hydrogen-bond donors (Lipinski definition) is 0. The summed E-state index contributed by atoms with van der Waals surface area (Å²) in [5.41, 5.74) is 0. The van der Waals surface area contributed by atoms with E-state index in [4.69, 9.17) is 9.47 Å². The van der Waals surface area contributed by atoms with E-state index in [2.05, 4.69) is 19.9 Å². The number of hydrogen-bond acceptors (Lipinski definition) is 2. The van der Waals surface area contributed by atoms with Crippen LogP contribution in [0, 0.1) is 0 Å². The van der Waals surface area contributed by atoms with E-state index in [-0.39, 0.29) is 0 Å². The molecule has 0 saturated heterocycles. The van der Waals surface area contributed by atoms with Crippen LogP contribution < -0.4 is 0 Å². The van der Waals surface area contributed by atoms with E-state index in [1.165, 1.54) is 6.42 Å². The summed E-state index contributed by atoms with van der Waals surface area (Å²) in [4.78, 5) is 0. The molecule has 0 aliphatic heterocycles. The maximum atomic E-state index is 5.69. The smallest absolute Gasteiger partial charge is 0.0945 e. The Morgan fingerprint density at radius 2 is 2.07 bits per heavy atom. The quantitative estimate of drug-likeness (QED) is 0.652. The molecule has 2 heteroatoms. The van der Waals surface area contributed by atoms with Crippen LogP contribution in [0.4, 0.5) is 0 Å². The van der Waals surface area contributed by atoms with Crippen LogP contribution >= 0.6 is 0 Å². The van der Waals surface area contributed by atoms with Crippen LogP contribution in [-0.2, 0) is 9.47 Å². The van der Waals surface area contributed by atoms with Gasteiger partial charge >= 0.3 is 0 Å². The Balaban J connectivity index is 2.30. The summed E-state index contributed by atoms with van der Waals surface area (Å²) >= 11 is 0. The van der Waals surface area contributed by atoms with Crippen molar-refractivity contribution < 1.29 is 9.47 Å². The molecule has 0 N–H and O–H groups in total. The topological polar surface area (TPSA) is 18.5 Å². The monoisotopic (exact) mass is 198 g/mol. The lowest BCUT2D eigenvalue weighted by molar-refractivity contribution is 0.0653. The van der Waals surface area contributed by atoms with Gasteiger partial charge in [0.05, 0.1) is 18.5 Å². The summed E-state index contributed by atoms with van der Waals surface area (Å²) in [5, 5.41) is 0. The summed E-state index contributed by atoms with van der Waals surface area (Å²) in [5.74, 6) is 1.14. The lowest BCUT2D eigenvalue weighted by Crippen LogP contribution is -2.16. The summed E-state index contributed by atoms with van der Waals surface area (Å²) in [6.45, 7) is 5.98. The van der Waals surface area contributed by atoms with Crippen LogP contribution in [0.25, 0.3) is 0 Å². The molecular formula is C12H22O2. The van der Waals surface area contributed by atoms with Gasteiger partial charge in [0, 0.05) is 13.0 Å². The molecule has 1 atom stereocenters. The Labute approximate surface area is 87.3 Å². The van der Waals surface area contributed by atoms with E-state index < -0.39 is 0 Å². The molecule has 0 spiro atoms. The van der Waals surface area contributed by atoms with E-state index in [1.807, 2.05) is 0 Å². The molecule has 1 aliphatic carbocycles. The van der Waals surface area contributed by atoms with Crippen molar-refractivity contribution in [3.05, 3.63) is 11.8 Å². The predicted molar refractivity (Wildman–Crippen MR) is 58.2 cm³/mol. The zero-order valence-corrected chi connectivity index (χ0v) is 9.42. The van der Waals surface area contributed by atoms with E-state index in [9.17, 15) is 0 Å². The molecule has 0 fully saturated rings. The Morgan fingerprint density at radius 1 is 1.29 bits per heavy atom. The van der Waals surface area contributed by atoms with Gasteiger partial charge in [0.2, 0.25) is 0 Å². The summed E-state index contributed by atoms with van der Waals surface area (Å²) in [7, 11) is 0. The van der Waals surface area contributed by atoms with E-state index in [0.717, 1.165) is 44.7 Å². The van der Waals surface area contributed by atoms with Crippen molar-refractivity contribution in [1.29, 1.82) is 0 Å². The maximum Gasteiger partial charge on any atom is 0.0945 e. The zero-order valence-electron chi connectivity index (χ0n) is 9.42. The highest BCUT2D eigenvalue weighted by molar-refractivity contribution is 5.02. The SMILES string of the molecule is CCCOC1=CC(OCCC)CCC1. The molecule has 2 nitrogen and oxygen atoms in total. The number of rotatable bonds is 6. The van der Waals surface area contributed by atoms with Gasteiger partial charge in [0.15, 0.2) is 0 Å². The van der Waals surface area contributed by atoms with Crippen molar-refractivity contribution >= 4 is 0 Å². The Morgan fingerprint density at radius 3 is 2.79 bits per heavy atom. The first-order valence-corrected chi connectivity index (χ1v) is 5.82. The van der Waals surface area contributed by atoms with Crippen LogP contribution in [0.2, 0.25) is 0 Å². The van der Waals surface area contributed by atoms with Crippen molar-refractivity contribution in [2.24, 2.45) is 0 Å². The van der Waals surface area contributed by atoms with E-state index in [1.54, 1.807) is 0 Å². The normalized spacial score (nSPS) is 21.9. The van der Waals surface area contributed by atoms with Crippen LogP contribution in [0.3, 0.4) is 0 Å². The van der Waals surface area contributed by atoms with Crippen LogP contribution in [0.1, 0.15) is 46.0 Å². The van der Waals surface area contributed by atoms with E-state index >= 15 is 0 Å². The van der Waals surface area contributed by atoms with Gasteiger partial charge in [-0.15, -0.1) is 0 Å². The number of ether oxygens (including phenoxy) is 2. The molecule has 0 heterocycles. The molecule has 14 heavy (non-hydrogen) atoms. The Kier molecular flexibility index (Phi) is 5.69. The molecule has 1 rings (SSSR count). The van der Waals surface area contributed by atoms with Gasteiger partial charge in [-0.1, -0.05) is 13.8 Å². The Hall–Kier alpha value is -0.500. The summed E-state index contributed by atoms with van der Waals surface area (Å²) < 4.78 is 11.3. The first kappa shape index (κ1) is 11.6. The molecule has 82 valence electrons. The molecule has 1 aliphatic rings. The largest absolute Gasteiger partial charge is 0.498 e. The third kappa shape index (κ3) is 4.14. The average Bonchev–Trinajstić information content (AvgIpc) is 2.24. The van der Waals surface area contributed by atoms with Crippen molar-refractivity contribution in [2.45, 2.75) is 52.1 Å². The highest BCUT2D eigenvalue weighted by atomic mass is 16.5. The van der Waals surface area contributed by atoms with Gasteiger partial charge in [-0.05, 0) is 31.8 Å². The lowest BCUT2D eigenvalue weighted by atomic mass is 10.0. The van der Waals surface area contributed by atoms with Crippen LogP contribution in [0.15, 0.2) is 11.8 Å². The van der Waals surface area contributed by atoms with Gasteiger partial charge in [-0.3, -0.25) is 0 Å². The van der Waals surface area contributed by atoms with Gasteiger partial charge in [0.25, 0.3) is 0 Å². The third-order valence-corrected chi connectivity index (χ3v) is 2.31. The first-order chi connectivity index (χ1) is 6.86. The molecule has 0 amide bonds. The van der Waals surface area contributed by atoms with Gasteiger partial charge in [0.1, 0.15) is 0 Å². The second-order valence-corrected chi connectivity index (χ2v) is 3.78. The van der Waals surface area contributed by atoms with Gasteiger partial charge in [-0.25, -0.2) is 0 Å². The second kappa shape index (κ2) is 6.88. The molecule has 0 saturated carbocycles. The summed E-state index contributed by atoms with van der Waals surface area (Å²) in [6, 6.07) is 0. The Bertz CT molecular complexity index is 175. The fourth-order valence-corrected chi connectivity index (χ4v) is 1.61. The van der Waals surface area contributed by atoms with Crippen molar-refractivity contribution in [3.63, 3.8) is 0 Å². The molecule has 0 aromatic carbocycles. The lowest BCUT2D eigenvalue weighted by Gasteiger charge is -2.21. The highest BCUT2D eigenvalue weighted by Crippen LogP contribution is 2.21. The van der Waals surface area contributed by atoms with Crippen molar-refractivity contribution in [2.75, 3.05) is 13.2 Å². The van der Waals surface area contributed by atoms with Crippen LogP contribution in [-0.4, -0.2) is 19.3 Å². The van der Waals surface area contributed by atoms with Gasteiger partial charge in [-0.2, -0.15) is 0 Å². The van der Waals surface area contributed by atoms with E-state index in [0.29, 0.717) is 6.10 Å². The maximum absolute atomic E-state index is 5.69. The molecule has 1 unspecified atom stereocenters. The zero-order chi connectivity index (χ0) is 10.2. The van der Waals surface area contributed by atoms with Crippen molar-refractivity contribution in [3.8, 4) is 0 Å². The highest BCUT2D eigenvalue weighted by Gasteiger charge is 2.14. The molecule has 0 aromatic heterocycles. The number of allylic oxidation sites excluding steroid dienone is 1. The molecule has 0 radical (unpaired) electrons. The van der Waals surface area contributed by atoms with Crippen LogP contribution in [0.5, 0.6) is 0 Å². The fraction of sp³-hybridized carbons (Fsp3) is 0.833. The minimum Gasteiger partial charge on any atom is -0.498 e. The van der Waals surface area contributed by atoms with Crippen molar-refractivity contribution in [1.82, 2.24) is 0 Å². The fourth-order valence-electron chi connectivity index (χ4n) is 1.61. The minimum absolute atomic E-state index is 0.301. The average molecular weight is 198 g/mol. The second-order valence-electron chi connectivity index (χ2n) is 3.78. The first-order valence-electron chi connectivity index (χ1n) is 5.82. The minimum atomic E-state index is 0.301.